The van der Waals surface area contributed by atoms with Crippen LogP contribution in [-0.4, -0.2) is 59.3 Å². The summed E-state index contributed by atoms with van der Waals surface area (Å²) in [5.41, 5.74) is 0.0967. The molecule has 3 aromatic rings. The molecule has 1 atom stereocenters. The number of pyridine rings is 2. The van der Waals surface area contributed by atoms with Gasteiger partial charge in [0, 0.05) is 24.3 Å². The molecule has 0 unspecified atom stereocenters. The summed E-state index contributed by atoms with van der Waals surface area (Å²) in [4.78, 5) is 21.4. The van der Waals surface area contributed by atoms with Crippen molar-refractivity contribution in [3.8, 4) is 11.7 Å². The molecule has 45 heavy (non-hydrogen) atoms. The van der Waals surface area contributed by atoms with Crippen molar-refractivity contribution in [2.24, 2.45) is 23.7 Å². The van der Waals surface area contributed by atoms with Crippen molar-refractivity contribution in [3.05, 3.63) is 53.3 Å². The van der Waals surface area contributed by atoms with Gasteiger partial charge in [-0.25, -0.2) is 19.4 Å². The highest BCUT2D eigenvalue weighted by molar-refractivity contribution is 7.90. The van der Waals surface area contributed by atoms with Crippen LogP contribution in [-0.2, 0) is 10.0 Å². The number of carbonyl (C=O) groups is 1. The Morgan fingerprint density at radius 2 is 1.91 bits per heavy atom. The van der Waals surface area contributed by atoms with Gasteiger partial charge in [0.25, 0.3) is 15.9 Å². The zero-order chi connectivity index (χ0) is 31.6. The summed E-state index contributed by atoms with van der Waals surface area (Å²) in [7, 11) is -4.26. The van der Waals surface area contributed by atoms with Crippen LogP contribution in [0.1, 0.15) is 75.6 Å². The van der Waals surface area contributed by atoms with Gasteiger partial charge in [-0.2, -0.15) is 8.42 Å². The lowest BCUT2D eigenvalue weighted by Crippen LogP contribution is -2.31. The molecule has 6 rings (SSSR count). The number of carbonyl (C=O) groups excluding carboxylic acids is 1. The Morgan fingerprint density at radius 3 is 2.60 bits per heavy atom. The Morgan fingerprint density at radius 1 is 1.13 bits per heavy atom. The van der Waals surface area contributed by atoms with Gasteiger partial charge in [-0.05, 0) is 120 Å². The van der Waals surface area contributed by atoms with Crippen LogP contribution >= 0.6 is 11.6 Å². The third kappa shape index (κ3) is 8.33. The average Bonchev–Trinajstić information content (AvgIpc) is 3.94. The monoisotopic (exact) mass is 655 g/mol. The molecule has 2 saturated carbocycles. The lowest BCUT2D eigenvalue weighted by atomic mass is 9.94. The highest BCUT2D eigenvalue weighted by Crippen LogP contribution is 2.50. The van der Waals surface area contributed by atoms with Gasteiger partial charge in [-0.15, -0.1) is 5.10 Å². The number of halogens is 1. The van der Waals surface area contributed by atoms with Gasteiger partial charge < -0.3 is 15.4 Å². The summed E-state index contributed by atoms with van der Waals surface area (Å²) in [5.74, 6) is 3.54. The quantitative estimate of drug-likeness (QED) is 0.148. The molecule has 2 aliphatic carbocycles. The second kappa shape index (κ2) is 13.3. The second-order valence-electron chi connectivity index (χ2n) is 13.3. The number of sulfonamides is 1. The third-order valence-corrected chi connectivity index (χ3v) is 10.5. The van der Waals surface area contributed by atoms with Gasteiger partial charge in [0.15, 0.2) is 10.8 Å². The highest BCUT2D eigenvalue weighted by atomic mass is 35.5. The maximum Gasteiger partial charge on any atom is 0.281 e. The van der Waals surface area contributed by atoms with E-state index < -0.39 is 15.9 Å². The van der Waals surface area contributed by atoms with Crippen LogP contribution in [0.15, 0.2) is 47.6 Å². The Bertz CT molecular complexity index is 1610. The first-order valence-corrected chi connectivity index (χ1v) is 17.8. The molecule has 3 aliphatic rings. The Kier molecular flexibility index (Phi) is 9.35. The summed E-state index contributed by atoms with van der Waals surface area (Å²) in [6.07, 6.45) is 11.3. The average molecular weight is 656 g/mol. The maximum absolute atomic E-state index is 13.0. The van der Waals surface area contributed by atoms with E-state index in [1.807, 2.05) is 0 Å². The maximum atomic E-state index is 13.0. The fourth-order valence-corrected chi connectivity index (χ4v) is 7.60. The minimum absolute atomic E-state index is 0.0855. The number of amides is 1. The first-order valence-electron chi connectivity index (χ1n) is 15.9. The van der Waals surface area contributed by atoms with E-state index >= 15 is 0 Å². The normalized spacial score (nSPS) is 19.5. The van der Waals surface area contributed by atoms with Crippen molar-refractivity contribution in [1.29, 1.82) is 0 Å². The van der Waals surface area contributed by atoms with E-state index in [1.54, 1.807) is 30.5 Å². The molecule has 3 N–H and O–H groups in total. The number of ether oxygens (including phenoxy) is 1. The molecule has 242 valence electrons. The van der Waals surface area contributed by atoms with Crippen LogP contribution in [0, 0.1) is 23.7 Å². The molecule has 3 aromatic heterocycles. The molecule has 1 aliphatic heterocycles. The van der Waals surface area contributed by atoms with Crippen LogP contribution < -0.4 is 20.1 Å². The molecule has 3 fully saturated rings. The smallest absolute Gasteiger partial charge is 0.281 e. The van der Waals surface area contributed by atoms with Crippen LogP contribution in [0.25, 0.3) is 5.82 Å². The van der Waals surface area contributed by atoms with Crippen molar-refractivity contribution >= 4 is 33.3 Å². The first-order chi connectivity index (χ1) is 21.6. The number of hydrogen-bond donors (Lipinski definition) is 3. The molecular formula is C32H42ClN7O4S. The third-order valence-electron chi connectivity index (χ3n) is 9.02. The number of hydrogen-bond acceptors (Lipinski definition) is 9. The molecule has 4 heterocycles. The second-order valence-corrected chi connectivity index (χ2v) is 15.3. The number of nitrogens with one attached hydrogen (secondary N) is 3. The van der Waals surface area contributed by atoms with Gasteiger partial charge in [0.05, 0.1) is 12.2 Å². The van der Waals surface area contributed by atoms with Crippen LogP contribution in [0.4, 0.5) is 5.82 Å². The van der Waals surface area contributed by atoms with E-state index in [9.17, 15) is 13.2 Å². The van der Waals surface area contributed by atoms with Crippen molar-refractivity contribution in [1.82, 2.24) is 29.8 Å². The highest BCUT2D eigenvalue weighted by Gasteiger charge is 2.41. The molecule has 0 spiro atoms. The van der Waals surface area contributed by atoms with E-state index in [-0.39, 0.29) is 21.3 Å². The number of anilines is 1. The molecule has 13 heteroatoms. The standard InChI is InChI=1S/C32H42ClN7O4S/c1-32(2)19-21(20-35-32)5-4-16-34-26-6-3-7-29(36-26)45(42,43)39-31(41)25-12-13-27(37-30(25)33)40-17-14-28(38-40)44-18-15-24(22-8-9-22)23-10-11-23/h3,6-7,12-14,17,21-24,35H,4-5,8-11,15-16,18-20H2,1-2H3,(H,34,36)(H,39,41)/t21-/m0/s1. The van der Waals surface area contributed by atoms with Gasteiger partial charge in [-0.3, -0.25) is 4.79 Å². The Labute approximate surface area is 269 Å². The zero-order valence-corrected chi connectivity index (χ0v) is 27.4. The zero-order valence-electron chi connectivity index (χ0n) is 25.8. The molecule has 1 saturated heterocycles. The Hall–Kier alpha value is -3.22. The minimum atomic E-state index is -4.26. The van der Waals surface area contributed by atoms with Crippen molar-refractivity contribution < 1.29 is 17.9 Å². The summed E-state index contributed by atoms with van der Waals surface area (Å²) >= 11 is 6.34. The topological polar surface area (TPSA) is 140 Å². The number of aromatic nitrogens is 4. The van der Waals surface area contributed by atoms with Crippen molar-refractivity contribution in [3.63, 3.8) is 0 Å². The summed E-state index contributed by atoms with van der Waals surface area (Å²) in [6.45, 7) is 6.73. The lowest BCUT2D eigenvalue weighted by Gasteiger charge is -2.17. The number of rotatable bonds is 15. The lowest BCUT2D eigenvalue weighted by molar-refractivity contribution is 0.0981. The summed E-state index contributed by atoms with van der Waals surface area (Å²) in [6, 6.07) is 9.35. The van der Waals surface area contributed by atoms with Crippen LogP contribution in [0.2, 0.25) is 5.15 Å². The van der Waals surface area contributed by atoms with Gasteiger partial charge in [0.1, 0.15) is 11.0 Å². The molecule has 1 amide bonds. The largest absolute Gasteiger partial charge is 0.477 e. The molecule has 0 bridgehead atoms. The minimum Gasteiger partial charge on any atom is -0.477 e. The van der Waals surface area contributed by atoms with Gasteiger partial charge >= 0.3 is 0 Å². The molecule has 0 radical (unpaired) electrons. The van der Waals surface area contributed by atoms with Crippen LogP contribution in [0.5, 0.6) is 5.88 Å². The van der Waals surface area contributed by atoms with Crippen LogP contribution in [0.3, 0.4) is 0 Å². The SMILES string of the molecule is CC1(C)C[C@H](CCCNc2cccc(S(=O)(=O)NC(=O)c3ccc(-n4ccc(OCCC(C5CC5)C5CC5)n4)nc3Cl)n2)CN1. The molecular weight excluding hydrogens is 614 g/mol. The summed E-state index contributed by atoms with van der Waals surface area (Å²) in [5, 5.41) is 10.7. The van der Waals surface area contributed by atoms with Gasteiger partial charge in [-0.1, -0.05) is 17.7 Å². The van der Waals surface area contributed by atoms with Crippen molar-refractivity contribution in [2.75, 3.05) is 25.0 Å². The fraction of sp³-hybridized carbons (Fsp3) is 0.562. The van der Waals surface area contributed by atoms with E-state index in [2.05, 4.69) is 44.3 Å². The van der Waals surface area contributed by atoms with E-state index in [0.717, 1.165) is 50.0 Å². The van der Waals surface area contributed by atoms with Gasteiger partial charge in [0.2, 0.25) is 5.88 Å². The van der Waals surface area contributed by atoms with E-state index in [1.165, 1.54) is 42.5 Å². The fourth-order valence-electron chi connectivity index (χ4n) is 6.43. The van der Waals surface area contributed by atoms with Crippen molar-refractivity contribution in [2.45, 2.75) is 75.8 Å². The van der Waals surface area contributed by atoms with E-state index in [0.29, 0.717) is 36.6 Å². The predicted octanol–water partition coefficient (Wildman–Crippen LogP) is 5.22. The Balaban J connectivity index is 1.01. The predicted molar refractivity (Wildman–Crippen MR) is 172 cm³/mol. The molecule has 11 nitrogen and oxygen atoms in total. The van der Waals surface area contributed by atoms with E-state index in [4.69, 9.17) is 16.3 Å². The molecule has 0 aromatic carbocycles. The summed E-state index contributed by atoms with van der Waals surface area (Å²) < 4.78 is 35.5. The first kappa shape index (κ1) is 31.7. The number of nitrogens with zero attached hydrogens (tertiary/aromatic N) is 4.